The molecule has 0 aliphatic heterocycles. The van der Waals surface area contributed by atoms with Crippen molar-refractivity contribution in [2.45, 2.75) is 0 Å². The van der Waals surface area contributed by atoms with E-state index in [9.17, 15) is 14.7 Å². The number of carbonyl (C=O) groups excluding carboxylic acids is 1. The second kappa shape index (κ2) is 8.95. The molecule has 2 aromatic carbocycles. The van der Waals surface area contributed by atoms with Gasteiger partial charge in [-0.25, -0.2) is 4.79 Å². The number of amidine groups is 1. The molecule has 0 atom stereocenters. The van der Waals surface area contributed by atoms with Crippen molar-refractivity contribution in [3.05, 3.63) is 77.4 Å². The van der Waals surface area contributed by atoms with Crippen LogP contribution in [0, 0.1) is 5.41 Å². The van der Waals surface area contributed by atoms with Gasteiger partial charge in [-0.2, -0.15) is 4.98 Å². The largest absolute Gasteiger partial charge is 0.478 e. The third-order valence-electron chi connectivity index (χ3n) is 4.10. The zero-order chi connectivity index (χ0) is 22.5. The minimum atomic E-state index is -1.19. The van der Waals surface area contributed by atoms with Gasteiger partial charge in [0.15, 0.2) is 0 Å². The SMILES string of the molecule is CN(C)C(=O)c1cccc(Oc2cc(C(=O)O)cc(Oc3cccc(C(=N)N)c3)n2)c1. The minimum absolute atomic E-state index is 0.0175. The van der Waals surface area contributed by atoms with E-state index in [1.165, 1.54) is 29.2 Å². The van der Waals surface area contributed by atoms with Gasteiger partial charge in [-0.3, -0.25) is 10.2 Å². The fourth-order valence-corrected chi connectivity index (χ4v) is 2.63. The van der Waals surface area contributed by atoms with Crippen LogP contribution in [0.25, 0.3) is 0 Å². The summed E-state index contributed by atoms with van der Waals surface area (Å²) < 4.78 is 11.4. The number of benzene rings is 2. The van der Waals surface area contributed by atoms with E-state index in [1.54, 1.807) is 50.5 Å². The number of hydrogen-bond donors (Lipinski definition) is 3. The molecule has 0 saturated carbocycles. The summed E-state index contributed by atoms with van der Waals surface area (Å²) in [5.74, 6) is -0.921. The number of pyridine rings is 1. The maximum absolute atomic E-state index is 12.2. The molecule has 1 amide bonds. The maximum Gasteiger partial charge on any atom is 0.336 e. The van der Waals surface area contributed by atoms with Crippen LogP contribution in [0.1, 0.15) is 26.3 Å². The highest BCUT2D eigenvalue weighted by atomic mass is 16.5. The van der Waals surface area contributed by atoms with Gasteiger partial charge in [0.05, 0.1) is 5.56 Å². The molecule has 0 aliphatic carbocycles. The summed E-state index contributed by atoms with van der Waals surface area (Å²) in [6.07, 6.45) is 0. The molecule has 0 radical (unpaired) electrons. The van der Waals surface area contributed by atoms with Crippen molar-refractivity contribution in [2.24, 2.45) is 5.73 Å². The number of nitrogen functional groups attached to an aromatic ring is 1. The van der Waals surface area contributed by atoms with Crippen LogP contribution in [0.3, 0.4) is 0 Å². The Balaban J connectivity index is 1.91. The summed E-state index contributed by atoms with van der Waals surface area (Å²) in [4.78, 5) is 29.3. The monoisotopic (exact) mass is 420 g/mol. The van der Waals surface area contributed by atoms with E-state index in [1.807, 2.05) is 0 Å². The number of hydrogen-bond acceptors (Lipinski definition) is 6. The van der Waals surface area contributed by atoms with Gasteiger partial charge in [0.25, 0.3) is 5.91 Å². The summed E-state index contributed by atoms with van der Waals surface area (Å²) in [5, 5.41) is 16.9. The molecule has 158 valence electrons. The number of carboxylic acids is 1. The minimum Gasteiger partial charge on any atom is -0.478 e. The lowest BCUT2D eigenvalue weighted by Crippen LogP contribution is -2.21. The Labute approximate surface area is 178 Å². The second-order valence-corrected chi connectivity index (χ2v) is 6.71. The predicted molar refractivity (Wildman–Crippen MR) is 113 cm³/mol. The van der Waals surface area contributed by atoms with Crippen LogP contribution in [0.15, 0.2) is 60.7 Å². The number of carbonyl (C=O) groups is 2. The number of nitrogens with two attached hydrogens (primary N) is 1. The number of carboxylic acid groups (broad SMARTS) is 1. The van der Waals surface area contributed by atoms with E-state index in [2.05, 4.69) is 4.98 Å². The first-order valence-corrected chi connectivity index (χ1v) is 9.10. The highest BCUT2D eigenvalue weighted by Gasteiger charge is 2.14. The number of nitrogens with one attached hydrogen (secondary N) is 1. The zero-order valence-electron chi connectivity index (χ0n) is 16.8. The molecule has 0 spiro atoms. The molecule has 0 saturated heterocycles. The number of rotatable bonds is 7. The molecule has 3 rings (SSSR count). The molecule has 0 fully saturated rings. The fourth-order valence-electron chi connectivity index (χ4n) is 2.63. The average molecular weight is 420 g/mol. The van der Waals surface area contributed by atoms with Crippen molar-refractivity contribution in [3.63, 3.8) is 0 Å². The topological polar surface area (TPSA) is 139 Å². The Morgan fingerprint density at radius 1 is 0.903 bits per heavy atom. The molecule has 31 heavy (non-hydrogen) atoms. The van der Waals surface area contributed by atoms with Crippen molar-refractivity contribution in [3.8, 4) is 23.3 Å². The standard InChI is InChI=1S/C22H20N4O5/c1-26(2)21(27)14-6-4-8-17(10-14)31-19-12-15(22(28)29)11-18(25-19)30-16-7-3-5-13(9-16)20(23)24/h3-12H,1-2H3,(H3,23,24)(H,28,29). The van der Waals surface area contributed by atoms with Gasteiger partial charge >= 0.3 is 5.97 Å². The van der Waals surface area contributed by atoms with Gasteiger partial charge in [0.2, 0.25) is 11.8 Å². The normalized spacial score (nSPS) is 10.3. The first-order chi connectivity index (χ1) is 14.7. The van der Waals surface area contributed by atoms with Crippen molar-refractivity contribution in [1.82, 2.24) is 9.88 Å². The van der Waals surface area contributed by atoms with Crippen LogP contribution in [-0.2, 0) is 0 Å². The average Bonchev–Trinajstić information content (AvgIpc) is 2.73. The van der Waals surface area contributed by atoms with Gasteiger partial charge in [-0.15, -0.1) is 0 Å². The van der Waals surface area contributed by atoms with Gasteiger partial charge in [0.1, 0.15) is 17.3 Å². The highest BCUT2D eigenvalue weighted by molar-refractivity contribution is 5.95. The number of nitrogens with zero attached hydrogens (tertiary/aromatic N) is 2. The van der Waals surface area contributed by atoms with E-state index in [4.69, 9.17) is 20.6 Å². The van der Waals surface area contributed by atoms with E-state index in [0.29, 0.717) is 22.6 Å². The summed E-state index contributed by atoms with van der Waals surface area (Å²) >= 11 is 0. The Morgan fingerprint density at radius 2 is 1.42 bits per heavy atom. The summed E-state index contributed by atoms with van der Waals surface area (Å²) in [6, 6.07) is 15.4. The van der Waals surface area contributed by atoms with Crippen LogP contribution in [0.5, 0.6) is 23.3 Å². The van der Waals surface area contributed by atoms with Crippen LogP contribution < -0.4 is 15.2 Å². The van der Waals surface area contributed by atoms with Crippen molar-refractivity contribution >= 4 is 17.7 Å². The Hall–Kier alpha value is -4.40. The molecule has 0 bridgehead atoms. The maximum atomic E-state index is 12.2. The summed E-state index contributed by atoms with van der Waals surface area (Å²) in [7, 11) is 3.27. The lowest BCUT2D eigenvalue weighted by molar-refractivity contribution is 0.0695. The van der Waals surface area contributed by atoms with E-state index >= 15 is 0 Å². The molecule has 0 unspecified atom stereocenters. The highest BCUT2D eigenvalue weighted by Crippen LogP contribution is 2.28. The molecule has 9 heteroatoms. The molecule has 9 nitrogen and oxygen atoms in total. The predicted octanol–water partition coefficient (Wildman–Crippen LogP) is 3.35. The lowest BCUT2D eigenvalue weighted by atomic mass is 10.2. The van der Waals surface area contributed by atoms with Crippen LogP contribution in [0.4, 0.5) is 0 Å². The lowest BCUT2D eigenvalue weighted by Gasteiger charge is -2.12. The Bertz CT molecular complexity index is 1160. The third-order valence-corrected chi connectivity index (χ3v) is 4.10. The number of amides is 1. The summed E-state index contributed by atoms with van der Waals surface area (Å²) in [5.41, 5.74) is 6.26. The summed E-state index contributed by atoms with van der Waals surface area (Å²) in [6.45, 7) is 0. The third kappa shape index (κ3) is 5.36. The molecule has 1 heterocycles. The quantitative estimate of drug-likeness (QED) is 0.393. The van der Waals surface area contributed by atoms with Crippen molar-refractivity contribution in [2.75, 3.05) is 14.1 Å². The van der Waals surface area contributed by atoms with Crippen LogP contribution >= 0.6 is 0 Å². The molecule has 3 aromatic rings. The number of ether oxygens (including phenoxy) is 2. The molecular weight excluding hydrogens is 400 g/mol. The van der Waals surface area contributed by atoms with E-state index in [-0.39, 0.29) is 29.1 Å². The number of aromatic nitrogens is 1. The first kappa shape index (κ1) is 21.3. The van der Waals surface area contributed by atoms with E-state index in [0.717, 1.165) is 0 Å². The molecule has 1 aromatic heterocycles. The Morgan fingerprint density at radius 3 is 1.90 bits per heavy atom. The molecule has 0 aliphatic rings. The van der Waals surface area contributed by atoms with Crippen molar-refractivity contribution < 1.29 is 24.2 Å². The zero-order valence-corrected chi connectivity index (χ0v) is 16.8. The molecule has 4 N–H and O–H groups in total. The first-order valence-electron chi connectivity index (χ1n) is 9.10. The van der Waals surface area contributed by atoms with Crippen LogP contribution in [-0.4, -0.2) is 46.8 Å². The van der Waals surface area contributed by atoms with Crippen LogP contribution in [0.2, 0.25) is 0 Å². The Kier molecular flexibility index (Phi) is 6.15. The fraction of sp³-hybridized carbons (Fsp3) is 0.0909. The van der Waals surface area contributed by atoms with Gasteiger partial charge in [-0.05, 0) is 30.3 Å². The van der Waals surface area contributed by atoms with Gasteiger partial charge in [-0.1, -0.05) is 18.2 Å². The smallest absolute Gasteiger partial charge is 0.336 e. The van der Waals surface area contributed by atoms with Crippen molar-refractivity contribution in [1.29, 1.82) is 5.41 Å². The van der Waals surface area contributed by atoms with Gasteiger partial charge < -0.3 is 25.2 Å². The molecular formula is C22H20N4O5. The van der Waals surface area contributed by atoms with E-state index < -0.39 is 5.97 Å². The van der Waals surface area contributed by atoms with Gasteiger partial charge in [0, 0.05) is 37.4 Å². The second-order valence-electron chi connectivity index (χ2n) is 6.71. The number of aromatic carboxylic acids is 1.